The van der Waals surface area contributed by atoms with Crippen molar-refractivity contribution in [1.82, 2.24) is 14.5 Å². The van der Waals surface area contributed by atoms with Crippen LogP contribution in [0, 0.1) is 0 Å². The molecule has 0 saturated carbocycles. The van der Waals surface area contributed by atoms with Gasteiger partial charge in [0.2, 0.25) is 15.9 Å². The molecule has 0 fully saturated rings. The molecule has 8 heteroatoms. The van der Waals surface area contributed by atoms with Crippen LogP contribution in [0.3, 0.4) is 0 Å². The van der Waals surface area contributed by atoms with E-state index in [1.165, 1.54) is 45.3 Å². The van der Waals surface area contributed by atoms with Crippen LogP contribution in [0.5, 0.6) is 0 Å². The van der Waals surface area contributed by atoms with Crippen LogP contribution in [0.25, 0.3) is 0 Å². The van der Waals surface area contributed by atoms with Gasteiger partial charge in [-0.25, -0.2) is 12.7 Å². The molecule has 0 aromatic heterocycles. The van der Waals surface area contributed by atoms with Gasteiger partial charge < -0.3 is 10.2 Å². The zero-order chi connectivity index (χ0) is 18.3. The number of carbonyl (C=O) groups excluding carboxylic acids is 2. The van der Waals surface area contributed by atoms with E-state index < -0.39 is 10.0 Å². The van der Waals surface area contributed by atoms with Gasteiger partial charge in [-0.05, 0) is 30.7 Å². The summed E-state index contributed by atoms with van der Waals surface area (Å²) in [4.78, 5) is 25.3. The van der Waals surface area contributed by atoms with Crippen LogP contribution in [-0.2, 0) is 14.8 Å². The molecule has 0 unspecified atom stereocenters. The monoisotopic (exact) mass is 355 g/mol. The lowest BCUT2D eigenvalue weighted by Gasteiger charge is -2.20. The van der Waals surface area contributed by atoms with E-state index in [1.54, 1.807) is 4.90 Å². The smallest absolute Gasteiger partial charge is 0.251 e. The second kappa shape index (κ2) is 8.79. The Bertz CT molecular complexity index is 669. The van der Waals surface area contributed by atoms with Crippen LogP contribution < -0.4 is 5.32 Å². The highest BCUT2D eigenvalue weighted by atomic mass is 32.2. The lowest BCUT2D eigenvalue weighted by atomic mass is 10.2. The van der Waals surface area contributed by atoms with Gasteiger partial charge in [-0.2, -0.15) is 0 Å². The third kappa shape index (κ3) is 5.31. The Hall–Kier alpha value is -1.93. The van der Waals surface area contributed by atoms with Crippen molar-refractivity contribution in [2.45, 2.75) is 25.2 Å². The molecule has 134 valence electrons. The number of hydrogen-bond acceptors (Lipinski definition) is 4. The Morgan fingerprint density at radius 2 is 1.67 bits per heavy atom. The molecule has 0 aliphatic rings. The van der Waals surface area contributed by atoms with Crippen LogP contribution in [0.1, 0.15) is 30.6 Å². The zero-order valence-corrected chi connectivity index (χ0v) is 15.4. The topological polar surface area (TPSA) is 86.8 Å². The summed E-state index contributed by atoms with van der Waals surface area (Å²) in [5.41, 5.74) is 0.373. The highest BCUT2D eigenvalue weighted by Gasteiger charge is 2.17. The Kier molecular flexibility index (Phi) is 7.37. The third-order valence-corrected chi connectivity index (χ3v) is 5.33. The van der Waals surface area contributed by atoms with Crippen LogP contribution in [0.15, 0.2) is 29.2 Å². The van der Waals surface area contributed by atoms with Crippen molar-refractivity contribution in [2.24, 2.45) is 0 Å². The summed E-state index contributed by atoms with van der Waals surface area (Å²) in [6.07, 6.45) is 0.856. The van der Waals surface area contributed by atoms with Crippen LogP contribution >= 0.6 is 0 Å². The van der Waals surface area contributed by atoms with Crippen LogP contribution in [0.4, 0.5) is 0 Å². The number of benzene rings is 1. The molecule has 0 heterocycles. The predicted octanol–water partition coefficient (Wildman–Crippen LogP) is 0.925. The van der Waals surface area contributed by atoms with Crippen molar-refractivity contribution in [3.63, 3.8) is 0 Å². The SMILES string of the molecule is CCCN(CCNC(=O)c1ccc(S(=O)(=O)N(C)C)cc1)C(C)=O. The van der Waals surface area contributed by atoms with E-state index in [0.29, 0.717) is 25.2 Å². The number of rotatable bonds is 8. The van der Waals surface area contributed by atoms with Crippen molar-refractivity contribution < 1.29 is 18.0 Å². The number of carbonyl (C=O) groups is 2. The van der Waals surface area contributed by atoms with Crippen molar-refractivity contribution in [2.75, 3.05) is 33.7 Å². The first-order valence-electron chi connectivity index (χ1n) is 7.76. The third-order valence-electron chi connectivity index (χ3n) is 3.50. The summed E-state index contributed by atoms with van der Waals surface area (Å²) >= 11 is 0. The van der Waals surface area contributed by atoms with Crippen molar-refractivity contribution in [3.8, 4) is 0 Å². The van der Waals surface area contributed by atoms with Gasteiger partial charge in [0.1, 0.15) is 0 Å². The average Bonchev–Trinajstić information content (AvgIpc) is 2.53. The van der Waals surface area contributed by atoms with E-state index in [9.17, 15) is 18.0 Å². The van der Waals surface area contributed by atoms with Crippen molar-refractivity contribution in [3.05, 3.63) is 29.8 Å². The molecular weight excluding hydrogens is 330 g/mol. The van der Waals surface area contributed by atoms with E-state index in [-0.39, 0.29) is 16.7 Å². The minimum absolute atomic E-state index is 0.0238. The van der Waals surface area contributed by atoms with E-state index in [2.05, 4.69) is 5.32 Å². The largest absolute Gasteiger partial charge is 0.350 e. The van der Waals surface area contributed by atoms with Gasteiger partial charge in [-0.1, -0.05) is 6.92 Å². The van der Waals surface area contributed by atoms with Crippen molar-refractivity contribution >= 4 is 21.8 Å². The molecule has 0 radical (unpaired) electrons. The van der Waals surface area contributed by atoms with E-state index in [0.717, 1.165) is 10.7 Å². The van der Waals surface area contributed by atoms with Gasteiger partial charge >= 0.3 is 0 Å². The number of amides is 2. The molecule has 2 amide bonds. The van der Waals surface area contributed by atoms with Gasteiger partial charge in [-0.15, -0.1) is 0 Å². The lowest BCUT2D eigenvalue weighted by Crippen LogP contribution is -2.37. The van der Waals surface area contributed by atoms with E-state index >= 15 is 0 Å². The quantitative estimate of drug-likeness (QED) is 0.751. The van der Waals surface area contributed by atoms with E-state index in [4.69, 9.17) is 0 Å². The molecule has 7 nitrogen and oxygen atoms in total. The molecular formula is C16H25N3O4S. The molecule has 24 heavy (non-hydrogen) atoms. The fraction of sp³-hybridized carbons (Fsp3) is 0.500. The first kappa shape index (κ1) is 20.1. The minimum atomic E-state index is -3.51. The maximum atomic E-state index is 12.1. The lowest BCUT2D eigenvalue weighted by molar-refractivity contribution is -0.128. The molecule has 0 saturated heterocycles. The fourth-order valence-electron chi connectivity index (χ4n) is 2.09. The van der Waals surface area contributed by atoms with Gasteiger partial charge in [0.25, 0.3) is 5.91 Å². The summed E-state index contributed by atoms with van der Waals surface area (Å²) in [7, 11) is -0.603. The summed E-state index contributed by atoms with van der Waals surface area (Å²) in [5, 5.41) is 2.73. The molecule has 1 N–H and O–H groups in total. The standard InChI is InChI=1S/C16H25N3O4S/c1-5-11-19(13(2)20)12-10-17-16(21)14-6-8-15(9-7-14)24(22,23)18(3)4/h6-9H,5,10-12H2,1-4H3,(H,17,21). The van der Waals surface area contributed by atoms with Gasteiger partial charge in [0.05, 0.1) is 4.90 Å². The van der Waals surface area contributed by atoms with E-state index in [1.807, 2.05) is 6.92 Å². The van der Waals surface area contributed by atoms with Crippen molar-refractivity contribution in [1.29, 1.82) is 0 Å². The first-order valence-corrected chi connectivity index (χ1v) is 9.20. The molecule has 0 bridgehead atoms. The second-order valence-corrected chi connectivity index (χ2v) is 7.73. The Labute approximate surface area is 143 Å². The number of nitrogens with zero attached hydrogens (tertiary/aromatic N) is 2. The molecule has 1 rings (SSSR count). The van der Waals surface area contributed by atoms with Gasteiger partial charge in [-0.3, -0.25) is 9.59 Å². The zero-order valence-electron chi connectivity index (χ0n) is 14.6. The average molecular weight is 355 g/mol. The Balaban J connectivity index is 2.65. The van der Waals surface area contributed by atoms with Crippen LogP contribution in [0.2, 0.25) is 0 Å². The second-order valence-electron chi connectivity index (χ2n) is 5.57. The number of hydrogen-bond donors (Lipinski definition) is 1. The van der Waals surface area contributed by atoms with Crippen LogP contribution in [-0.4, -0.2) is 63.2 Å². The molecule has 0 spiro atoms. The normalized spacial score (nSPS) is 11.4. The Morgan fingerprint density at radius 1 is 1.08 bits per heavy atom. The fourth-order valence-corrected chi connectivity index (χ4v) is 2.99. The molecule has 0 aliphatic heterocycles. The molecule has 0 aliphatic carbocycles. The Morgan fingerprint density at radius 3 is 2.12 bits per heavy atom. The number of nitrogens with one attached hydrogen (secondary N) is 1. The minimum Gasteiger partial charge on any atom is -0.350 e. The summed E-state index contributed by atoms with van der Waals surface area (Å²) in [5.74, 6) is -0.326. The number of sulfonamides is 1. The maximum absolute atomic E-state index is 12.1. The highest BCUT2D eigenvalue weighted by Crippen LogP contribution is 2.13. The predicted molar refractivity (Wildman–Crippen MR) is 92.2 cm³/mol. The maximum Gasteiger partial charge on any atom is 0.251 e. The summed E-state index contributed by atoms with van der Waals surface area (Å²) in [6, 6.07) is 5.76. The summed E-state index contributed by atoms with van der Waals surface area (Å²) < 4.78 is 25.1. The molecule has 1 aromatic carbocycles. The molecule has 0 atom stereocenters. The first-order chi connectivity index (χ1) is 11.2. The van der Waals surface area contributed by atoms with Gasteiger partial charge in [0.15, 0.2) is 0 Å². The highest BCUT2D eigenvalue weighted by molar-refractivity contribution is 7.89. The van der Waals surface area contributed by atoms with Gasteiger partial charge in [0, 0.05) is 46.2 Å². The molecule has 1 aromatic rings. The summed E-state index contributed by atoms with van der Waals surface area (Å²) in [6.45, 7) is 4.93.